The number of alkyl halides is 3. The average molecular weight is 378 g/mol. The molecule has 22 heavy (non-hydrogen) atoms. The summed E-state index contributed by atoms with van der Waals surface area (Å²) in [7, 11) is 0. The van der Waals surface area contributed by atoms with E-state index in [1.165, 1.54) is 0 Å². The van der Waals surface area contributed by atoms with Crippen LogP contribution in [0.1, 0.15) is 24.4 Å². The van der Waals surface area contributed by atoms with Crippen LogP contribution in [-0.2, 0) is 0 Å². The molecular weight excluding hydrogens is 360 g/mol. The highest BCUT2D eigenvalue weighted by molar-refractivity contribution is 6.42. The molecule has 1 aliphatic rings. The molecule has 126 valence electrons. The van der Waals surface area contributed by atoms with Gasteiger partial charge in [0.15, 0.2) is 0 Å². The molecule has 0 spiro atoms. The lowest BCUT2D eigenvalue weighted by atomic mass is 9.99. The predicted octanol–water partition coefficient (Wildman–Crippen LogP) is 4.70. The lowest BCUT2D eigenvalue weighted by Crippen LogP contribution is -2.45. The van der Waals surface area contributed by atoms with Crippen LogP contribution in [0.4, 0.5) is 13.2 Å². The van der Waals surface area contributed by atoms with Crippen LogP contribution in [0.15, 0.2) is 18.2 Å². The van der Waals surface area contributed by atoms with Crippen molar-refractivity contribution in [2.75, 3.05) is 26.2 Å². The number of hydrogen-bond acceptors (Lipinski definition) is 2. The van der Waals surface area contributed by atoms with Gasteiger partial charge in [0, 0.05) is 38.6 Å². The monoisotopic (exact) mass is 376 g/mol. The molecule has 1 aliphatic heterocycles. The zero-order valence-electron chi connectivity index (χ0n) is 11.8. The van der Waals surface area contributed by atoms with Crippen LogP contribution in [0.3, 0.4) is 0 Å². The Labute approximate surface area is 144 Å². The molecular formula is C14H18Cl3F3N2. The third-order valence-electron chi connectivity index (χ3n) is 3.62. The van der Waals surface area contributed by atoms with Gasteiger partial charge in [-0.3, -0.25) is 4.90 Å². The molecule has 1 aromatic carbocycles. The summed E-state index contributed by atoms with van der Waals surface area (Å²) in [4.78, 5) is 2.07. The fraction of sp³-hybridized carbons (Fsp3) is 0.571. The Bertz CT molecular complexity index is 477. The molecule has 0 amide bonds. The zero-order chi connectivity index (χ0) is 15.5. The van der Waals surface area contributed by atoms with Crippen molar-refractivity contribution in [3.05, 3.63) is 33.8 Å². The molecule has 0 unspecified atom stereocenters. The summed E-state index contributed by atoms with van der Waals surface area (Å²) in [5, 5.41) is 3.99. The van der Waals surface area contributed by atoms with Crippen molar-refractivity contribution in [1.29, 1.82) is 0 Å². The van der Waals surface area contributed by atoms with E-state index in [2.05, 4.69) is 10.2 Å². The second kappa shape index (κ2) is 8.60. The van der Waals surface area contributed by atoms with Gasteiger partial charge in [-0.05, 0) is 24.1 Å². The maximum absolute atomic E-state index is 12.6. The molecule has 8 heteroatoms. The van der Waals surface area contributed by atoms with E-state index in [0.717, 1.165) is 31.7 Å². The third kappa shape index (κ3) is 5.78. The van der Waals surface area contributed by atoms with Crippen molar-refractivity contribution in [3.63, 3.8) is 0 Å². The second-order valence-electron chi connectivity index (χ2n) is 5.13. The minimum Gasteiger partial charge on any atom is -0.314 e. The van der Waals surface area contributed by atoms with Gasteiger partial charge in [-0.1, -0.05) is 29.3 Å². The van der Waals surface area contributed by atoms with Crippen LogP contribution >= 0.6 is 35.6 Å². The van der Waals surface area contributed by atoms with Crippen LogP contribution < -0.4 is 5.32 Å². The average Bonchev–Trinajstić information content (AvgIpc) is 2.43. The normalized spacial score (nSPS) is 17.9. The van der Waals surface area contributed by atoms with Gasteiger partial charge in [0.25, 0.3) is 0 Å². The zero-order valence-corrected chi connectivity index (χ0v) is 14.1. The molecule has 0 bridgehead atoms. The molecule has 1 N–H and O–H groups in total. The molecule has 1 atom stereocenters. The lowest BCUT2D eigenvalue weighted by molar-refractivity contribution is -0.138. The molecule has 0 saturated carbocycles. The number of nitrogens with zero attached hydrogens (tertiary/aromatic N) is 1. The minimum absolute atomic E-state index is 0. The fourth-order valence-electron chi connectivity index (χ4n) is 2.57. The maximum atomic E-state index is 12.6. The van der Waals surface area contributed by atoms with Crippen LogP contribution in [-0.4, -0.2) is 37.3 Å². The van der Waals surface area contributed by atoms with E-state index in [1.54, 1.807) is 18.2 Å². The van der Waals surface area contributed by atoms with Crippen molar-refractivity contribution in [2.24, 2.45) is 0 Å². The first kappa shape index (κ1) is 19.8. The summed E-state index contributed by atoms with van der Waals surface area (Å²) >= 11 is 11.9. The molecule has 1 aromatic rings. The van der Waals surface area contributed by atoms with Crippen LogP contribution in [0.2, 0.25) is 10.0 Å². The third-order valence-corrected chi connectivity index (χ3v) is 4.36. The van der Waals surface area contributed by atoms with E-state index in [1.807, 2.05) is 0 Å². The Kier molecular flexibility index (Phi) is 7.75. The number of piperazine rings is 1. The summed E-state index contributed by atoms with van der Waals surface area (Å²) < 4.78 is 37.7. The Hall–Kier alpha value is -0.200. The van der Waals surface area contributed by atoms with Crippen molar-refractivity contribution in [3.8, 4) is 0 Å². The number of hydrogen-bond donors (Lipinski definition) is 1. The smallest absolute Gasteiger partial charge is 0.314 e. The van der Waals surface area contributed by atoms with Gasteiger partial charge < -0.3 is 5.32 Å². The Balaban J connectivity index is 0.00000242. The molecule has 1 heterocycles. The number of rotatable bonds is 4. The largest absolute Gasteiger partial charge is 0.389 e. The van der Waals surface area contributed by atoms with E-state index in [9.17, 15) is 13.2 Å². The van der Waals surface area contributed by atoms with Crippen molar-refractivity contribution >= 4 is 35.6 Å². The molecule has 1 fully saturated rings. The first-order valence-corrected chi connectivity index (χ1v) is 7.59. The van der Waals surface area contributed by atoms with Crippen LogP contribution in [0.25, 0.3) is 0 Å². The van der Waals surface area contributed by atoms with Crippen LogP contribution in [0.5, 0.6) is 0 Å². The highest BCUT2D eigenvalue weighted by Gasteiger charge is 2.31. The van der Waals surface area contributed by atoms with Gasteiger partial charge in [0.1, 0.15) is 0 Å². The summed E-state index contributed by atoms with van der Waals surface area (Å²) in [5.41, 5.74) is 0.788. The van der Waals surface area contributed by atoms with E-state index in [-0.39, 0.29) is 24.9 Å². The first-order valence-electron chi connectivity index (χ1n) is 6.83. The molecule has 0 aliphatic carbocycles. The topological polar surface area (TPSA) is 15.3 Å². The van der Waals surface area contributed by atoms with Gasteiger partial charge in [-0.15, -0.1) is 12.4 Å². The SMILES string of the molecule is Cl.FC(F)(F)CC[C@@H](c1ccc(Cl)c(Cl)c1)N1CCNCC1. The fourth-order valence-corrected chi connectivity index (χ4v) is 2.88. The quantitative estimate of drug-likeness (QED) is 0.818. The van der Waals surface area contributed by atoms with Gasteiger partial charge in [-0.2, -0.15) is 13.2 Å². The first-order chi connectivity index (χ1) is 9.87. The van der Waals surface area contributed by atoms with Gasteiger partial charge >= 0.3 is 6.18 Å². The van der Waals surface area contributed by atoms with E-state index in [0.29, 0.717) is 10.0 Å². The number of halogens is 6. The molecule has 0 aromatic heterocycles. The highest BCUT2D eigenvalue weighted by atomic mass is 35.5. The van der Waals surface area contributed by atoms with Crippen molar-refractivity contribution in [1.82, 2.24) is 10.2 Å². The Morgan fingerprint density at radius 2 is 1.77 bits per heavy atom. The van der Waals surface area contributed by atoms with Gasteiger partial charge in [0.2, 0.25) is 0 Å². The summed E-state index contributed by atoms with van der Waals surface area (Å²) in [6.07, 6.45) is -4.92. The van der Waals surface area contributed by atoms with Crippen LogP contribution in [0, 0.1) is 0 Å². The minimum atomic E-state index is -4.15. The van der Waals surface area contributed by atoms with Gasteiger partial charge in [-0.25, -0.2) is 0 Å². The van der Waals surface area contributed by atoms with Crippen molar-refractivity contribution < 1.29 is 13.2 Å². The number of benzene rings is 1. The highest BCUT2D eigenvalue weighted by Crippen LogP contribution is 2.34. The lowest BCUT2D eigenvalue weighted by Gasteiger charge is -2.35. The second-order valence-corrected chi connectivity index (χ2v) is 5.94. The van der Waals surface area contributed by atoms with Crippen molar-refractivity contribution in [2.45, 2.75) is 25.1 Å². The molecule has 2 rings (SSSR count). The predicted molar refractivity (Wildman–Crippen MR) is 86.2 cm³/mol. The summed E-state index contributed by atoms with van der Waals surface area (Å²) in [6.45, 7) is 3.01. The standard InChI is InChI=1S/C14H17Cl2F3N2.ClH/c15-11-2-1-10(9-12(11)16)13(3-4-14(17,18)19)21-7-5-20-6-8-21;/h1-2,9,13,20H,3-8H2;1H/t13-;/m0./s1. The van der Waals surface area contributed by atoms with E-state index < -0.39 is 12.6 Å². The van der Waals surface area contributed by atoms with E-state index in [4.69, 9.17) is 23.2 Å². The maximum Gasteiger partial charge on any atom is 0.389 e. The van der Waals surface area contributed by atoms with E-state index >= 15 is 0 Å². The summed E-state index contributed by atoms with van der Waals surface area (Å²) in [5.74, 6) is 0. The number of nitrogens with one attached hydrogen (secondary N) is 1. The molecule has 2 nitrogen and oxygen atoms in total. The summed E-state index contributed by atoms with van der Waals surface area (Å²) in [6, 6.07) is 4.79. The molecule has 1 saturated heterocycles. The van der Waals surface area contributed by atoms with Gasteiger partial charge in [0.05, 0.1) is 10.0 Å². The molecule has 0 radical (unpaired) electrons. The Morgan fingerprint density at radius 3 is 2.32 bits per heavy atom. The Morgan fingerprint density at radius 1 is 1.14 bits per heavy atom.